The molecule has 0 bridgehead atoms. The Labute approximate surface area is 99.5 Å². The number of hydrogen-bond donors (Lipinski definition) is 1. The summed E-state index contributed by atoms with van der Waals surface area (Å²) in [6.45, 7) is 0.145. The van der Waals surface area contributed by atoms with Crippen LogP contribution in [0.15, 0.2) is 32.9 Å². The van der Waals surface area contributed by atoms with Gasteiger partial charge in [-0.3, -0.25) is 14.3 Å². The number of aromatic nitrogens is 5. The van der Waals surface area contributed by atoms with Crippen LogP contribution in [0.25, 0.3) is 11.2 Å². The lowest BCUT2D eigenvalue weighted by Gasteiger charge is -2.02. The molecule has 0 unspecified atom stereocenters. The lowest BCUT2D eigenvalue weighted by molar-refractivity contribution is 0.454. The minimum atomic E-state index is -0.549. The molecular weight excluding hydrogens is 238 g/mol. The third kappa shape index (κ3) is 1.54. The molecule has 3 aromatic heterocycles. The van der Waals surface area contributed by atoms with Crippen LogP contribution in [0.4, 0.5) is 0 Å². The molecule has 1 N–H and O–H groups in total. The van der Waals surface area contributed by atoms with Gasteiger partial charge in [0, 0.05) is 13.2 Å². The van der Waals surface area contributed by atoms with Crippen molar-refractivity contribution < 1.29 is 4.42 Å². The van der Waals surface area contributed by atoms with E-state index in [4.69, 9.17) is 4.42 Å². The number of aromatic amines is 1. The van der Waals surface area contributed by atoms with E-state index in [1.807, 2.05) is 0 Å². The van der Waals surface area contributed by atoms with Gasteiger partial charge in [0.05, 0.1) is 12.9 Å². The minimum Gasteiger partial charge on any atom is -0.411 e. The highest BCUT2D eigenvalue weighted by Gasteiger charge is 2.10. The maximum absolute atomic E-state index is 12.2. The van der Waals surface area contributed by atoms with Gasteiger partial charge in [0.1, 0.15) is 12.1 Å². The SMILES string of the molecule is Cn1cnc2ncn(Cc3c[nH]c(=O)o3)c(=O)c21. The Morgan fingerprint density at radius 1 is 1.33 bits per heavy atom. The Kier molecular flexibility index (Phi) is 2.15. The van der Waals surface area contributed by atoms with Gasteiger partial charge in [-0.1, -0.05) is 0 Å². The van der Waals surface area contributed by atoms with Crippen molar-refractivity contribution in [1.82, 2.24) is 24.1 Å². The summed E-state index contributed by atoms with van der Waals surface area (Å²) in [4.78, 5) is 33.4. The van der Waals surface area contributed by atoms with Crippen LogP contribution in [0, 0.1) is 0 Å². The van der Waals surface area contributed by atoms with E-state index >= 15 is 0 Å². The summed E-state index contributed by atoms with van der Waals surface area (Å²) in [7, 11) is 1.72. The van der Waals surface area contributed by atoms with Crippen molar-refractivity contribution in [3.63, 3.8) is 0 Å². The highest BCUT2D eigenvalue weighted by atomic mass is 16.4. The molecule has 0 radical (unpaired) electrons. The Balaban J connectivity index is 2.12. The van der Waals surface area contributed by atoms with Gasteiger partial charge in [-0.05, 0) is 0 Å². The first-order valence-electron chi connectivity index (χ1n) is 5.19. The van der Waals surface area contributed by atoms with Crippen molar-refractivity contribution in [2.45, 2.75) is 6.54 Å². The molecule has 18 heavy (non-hydrogen) atoms. The summed E-state index contributed by atoms with van der Waals surface area (Å²) in [6.07, 6.45) is 4.33. The van der Waals surface area contributed by atoms with E-state index in [2.05, 4.69) is 15.0 Å². The fourth-order valence-electron chi connectivity index (χ4n) is 1.75. The number of H-pyrrole nitrogens is 1. The standard InChI is InChI=1S/C10H9N5O3/c1-14-4-12-8-7(14)9(16)15(5-13-8)3-6-2-11-10(17)18-6/h2,4-5H,3H2,1H3,(H,11,17). The average Bonchev–Trinajstić information content (AvgIpc) is 2.90. The average molecular weight is 247 g/mol. The van der Waals surface area contributed by atoms with Crippen LogP contribution >= 0.6 is 0 Å². The van der Waals surface area contributed by atoms with Crippen LogP contribution in [0.2, 0.25) is 0 Å². The molecule has 0 saturated carbocycles. The van der Waals surface area contributed by atoms with E-state index in [1.165, 1.54) is 23.4 Å². The maximum Gasteiger partial charge on any atom is 0.416 e. The number of fused-ring (bicyclic) bond motifs is 1. The van der Waals surface area contributed by atoms with Gasteiger partial charge >= 0.3 is 5.76 Å². The second kappa shape index (κ2) is 3.69. The zero-order valence-electron chi connectivity index (χ0n) is 9.45. The van der Waals surface area contributed by atoms with Crippen molar-refractivity contribution >= 4 is 11.2 Å². The molecule has 0 atom stereocenters. The molecule has 0 amide bonds. The van der Waals surface area contributed by atoms with Gasteiger partial charge < -0.3 is 8.98 Å². The molecular formula is C10H9N5O3. The Morgan fingerprint density at radius 3 is 2.83 bits per heavy atom. The van der Waals surface area contributed by atoms with Crippen LogP contribution in [0.5, 0.6) is 0 Å². The molecule has 8 heteroatoms. The highest BCUT2D eigenvalue weighted by molar-refractivity contribution is 5.68. The third-order valence-electron chi connectivity index (χ3n) is 2.60. The summed E-state index contributed by atoms with van der Waals surface area (Å²) in [5.74, 6) is -0.182. The van der Waals surface area contributed by atoms with Crippen LogP contribution in [0.1, 0.15) is 5.76 Å². The van der Waals surface area contributed by atoms with Crippen LogP contribution < -0.4 is 11.3 Å². The number of hydrogen-bond acceptors (Lipinski definition) is 5. The topological polar surface area (TPSA) is 98.7 Å². The molecule has 0 saturated heterocycles. The van der Waals surface area contributed by atoms with Gasteiger partial charge in [-0.15, -0.1) is 0 Å². The molecule has 0 spiro atoms. The third-order valence-corrected chi connectivity index (χ3v) is 2.60. The maximum atomic E-state index is 12.2. The second-order valence-electron chi connectivity index (χ2n) is 3.85. The molecule has 0 aliphatic carbocycles. The lowest BCUT2D eigenvalue weighted by atomic mass is 10.4. The first-order valence-corrected chi connectivity index (χ1v) is 5.19. The molecule has 0 aliphatic heterocycles. The van der Waals surface area contributed by atoms with E-state index in [1.54, 1.807) is 11.6 Å². The Hall–Kier alpha value is -2.64. The van der Waals surface area contributed by atoms with E-state index in [0.717, 1.165) is 0 Å². The van der Waals surface area contributed by atoms with E-state index < -0.39 is 5.76 Å². The quantitative estimate of drug-likeness (QED) is 0.655. The van der Waals surface area contributed by atoms with Gasteiger partial charge in [0.15, 0.2) is 11.2 Å². The number of rotatable bonds is 2. The fraction of sp³-hybridized carbons (Fsp3) is 0.200. The lowest BCUT2D eigenvalue weighted by Crippen LogP contribution is -2.22. The van der Waals surface area contributed by atoms with Crippen molar-refractivity contribution in [1.29, 1.82) is 0 Å². The normalized spacial score (nSPS) is 11.2. The number of nitrogens with one attached hydrogen (secondary N) is 1. The minimum absolute atomic E-state index is 0.145. The number of aryl methyl sites for hydroxylation is 1. The first-order chi connectivity index (χ1) is 8.65. The van der Waals surface area contributed by atoms with Gasteiger partial charge in [-0.2, -0.15) is 0 Å². The number of imidazole rings is 1. The van der Waals surface area contributed by atoms with E-state index in [0.29, 0.717) is 16.9 Å². The zero-order valence-corrected chi connectivity index (χ0v) is 9.45. The van der Waals surface area contributed by atoms with Crippen LogP contribution in [0.3, 0.4) is 0 Å². The van der Waals surface area contributed by atoms with Crippen molar-refractivity contribution in [2.24, 2.45) is 7.05 Å². The predicted octanol–water partition coefficient (Wildman–Crippen LogP) is -0.540. The number of nitrogens with zero attached hydrogens (tertiary/aromatic N) is 4. The Bertz CT molecular complexity index is 822. The molecule has 3 aromatic rings. The fourth-order valence-corrected chi connectivity index (χ4v) is 1.75. The summed E-state index contributed by atoms with van der Waals surface area (Å²) >= 11 is 0. The molecule has 0 aliphatic rings. The second-order valence-corrected chi connectivity index (χ2v) is 3.85. The van der Waals surface area contributed by atoms with Gasteiger partial charge in [0.25, 0.3) is 5.56 Å². The van der Waals surface area contributed by atoms with E-state index in [-0.39, 0.29) is 12.1 Å². The largest absolute Gasteiger partial charge is 0.416 e. The zero-order chi connectivity index (χ0) is 12.7. The van der Waals surface area contributed by atoms with Gasteiger partial charge in [-0.25, -0.2) is 14.8 Å². The summed E-state index contributed by atoms with van der Waals surface area (Å²) in [5, 5.41) is 0. The predicted molar refractivity (Wildman–Crippen MR) is 61.2 cm³/mol. The molecule has 92 valence electrons. The van der Waals surface area contributed by atoms with Crippen LogP contribution in [-0.4, -0.2) is 24.1 Å². The van der Waals surface area contributed by atoms with E-state index in [9.17, 15) is 9.59 Å². The van der Waals surface area contributed by atoms with Crippen molar-refractivity contribution in [3.8, 4) is 0 Å². The smallest absolute Gasteiger partial charge is 0.411 e. The molecule has 3 heterocycles. The summed E-state index contributed by atoms with van der Waals surface area (Å²) in [6, 6.07) is 0. The summed E-state index contributed by atoms with van der Waals surface area (Å²) in [5.41, 5.74) is 0.577. The first kappa shape index (κ1) is 10.5. The van der Waals surface area contributed by atoms with Gasteiger partial charge in [0.2, 0.25) is 0 Å². The molecule has 3 rings (SSSR count). The van der Waals surface area contributed by atoms with Crippen molar-refractivity contribution in [2.75, 3.05) is 0 Å². The molecule has 0 aromatic carbocycles. The highest BCUT2D eigenvalue weighted by Crippen LogP contribution is 2.03. The molecule has 8 nitrogen and oxygen atoms in total. The van der Waals surface area contributed by atoms with Crippen LogP contribution in [-0.2, 0) is 13.6 Å². The molecule has 0 fully saturated rings. The van der Waals surface area contributed by atoms with Crippen molar-refractivity contribution in [3.05, 3.63) is 45.5 Å². The monoisotopic (exact) mass is 247 g/mol. The summed E-state index contributed by atoms with van der Waals surface area (Å²) < 4.78 is 7.81. The number of oxazole rings is 1. The Morgan fingerprint density at radius 2 is 2.11 bits per heavy atom.